The Kier molecular flexibility index (Phi) is 2.87. The summed E-state index contributed by atoms with van der Waals surface area (Å²) in [6.45, 7) is 0. The number of carboxylic acid groups (broad SMARTS) is 1. The monoisotopic (exact) mass is 242 g/mol. The predicted octanol–water partition coefficient (Wildman–Crippen LogP) is 2.10. The maximum Gasteiger partial charge on any atom is 0.333 e. The summed E-state index contributed by atoms with van der Waals surface area (Å²) in [4.78, 5) is 11.0. The molecule has 0 amide bonds. The summed E-state index contributed by atoms with van der Waals surface area (Å²) in [5.41, 5.74) is -0.834. The summed E-state index contributed by atoms with van der Waals surface area (Å²) in [5.74, 6) is -2.33. The zero-order valence-electron chi connectivity index (χ0n) is 9.24. The number of halogens is 2. The number of aliphatic carboxylic acids is 1. The minimum Gasteiger partial charge on any atom is -0.479 e. The van der Waals surface area contributed by atoms with E-state index in [9.17, 15) is 13.6 Å². The lowest BCUT2D eigenvalue weighted by Crippen LogP contribution is -2.36. The van der Waals surface area contributed by atoms with Crippen LogP contribution in [0.5, 0.6) is 0 Å². The van der Waals surface area contributed by atoms with Gasteiger partial charge in [0.05, 0.1) is 0 Å². The molecule has 3 nitrogen and oxygen atoms in total. The van der Waals surface area contributed by atoms with Crippen LogP contribution in [-0.2, 0) is 14.9 Å². The van der Waals surface area contributed by atoms with Gasteiger partial charge in [0, 0.05) is 18.1 Å². The average Bonchev–Trinajstić information content (AvgIpc) is 3.03. The van der Waals surface area contributed by atoms with E-state index in [2.05, 4.69) is 0 Å². The van der Waals surface area contributed by atoms with Crippen LogP contribution in [0.4, 0.5) is 8.78 Å². The largest absolute Gasteiger partial charge is 0.479 e. The lowest BCUT2D eigenvalue weighted by molar-refractivity contribution is -0.150. The van der Waals surface area contributed by atoms with Crippen molar-refractivity contribution in [1.29, 1.82) is 0 Å². The smallest absolute Gasteiger partial charge is 0.333 e. The van der Waals surface area contributed by atoms with Gasteiger partial charge in [-0.25, -0.2) is 13.6 Å². The molecule has 1 atom stereocenters. The summed E-state index contributed by atoms with van der Waals surface area (Å²) < 4.78 is 31.7. The highest BCUT2D eigenvalue weighted by Crippen LogP contribution is 2.52. The molecule has 1 aliphatic carbocycles. The molecule has 5 heteroatoms. The number of benzene rings is 1. The molecule has 17 heavy (non-hydrogen) atoms. The third-order valence-electron chi connectivity index (χ3n) is 3.22. The lowest BCUT2D eigenvalue weighted by atomic mass is 9.89. The first-order valence-corrected chi connectivity index (χ1v) is 5.22. The fourth-order valence-corrected chi connectivity index (χ4v) is 2.25. The van der Waals surface area contributed by atoms with Gasteiger partial charge in [0.2, 0.25) is 0 Å². The van der Waals surface area contributed by atoms with Gasteiger partial charge in [-0.3, -0.25) is 0 Å². The number of ether oxygens (including phenoxy) is 1. The van der Waals surface area contributed by atoms with Gasteiger partial charge in [0.25, 0.3) is 0 Å². The molecule has 0 heterocycles. The molecule has 1 aromatic carbocycles. The van der Waals surface area contributed by atoms with Crippen LogP contribution in [0.25, 0.3) is 0 Å². The first-order chi connectivity index (χ1) is 8.01. The standard InChI is InChI=1S/C12H12F2O3/c1-17-10(11(15)16)12(4-5-12)8-6-7(13)2-3-9(8)14/h2-3,6,10H,4-5H2,1H3,(H,15,16). The van der Waals surface area contributed by atoms with Crippen molar-refractivity contribution in [1.82, 2.24) is 0 Å². The lowest BCUT2D eigenvalue weighted by Gasteiger charge is -2.23. The molecule has 92 valence electrons. The SMILES string of the molecule is COC(C(=O)O)C1(c2cc(F)ccc2F)CC1. The molecule has 1 fully saturated rings. The third-order valence-corrected chi connectivity index (χ3v) is 3.22. The number of hydrogen-bond acceptors (Lipinski definition) is 2. The van der Waals surface area contributed by atoms with Gasteiger partial charge in [-0.15, -0.1) is 0 Å². The van der Waals surface area contributed by atoms with Crippen molar-refractivity contribution in [3.05, 3.63) is 35.4 Å². The summed E-state index contributed by atoms with van der Waals surface area (Å²) in [6.07, 6.45) is -0.171. The summed E-state index contributed by atoms with van der Waals surface area (Å²) in [6, 6.07) is 3.08. The second-order valence-electron chi connectivity index (χ2n) is 4.23. The first kappa shape index (κ1) is 12.0. The molecule has 2 rings (SSSR count). The highest BCUT2D eigenvalue weighted by molar-refractivity contribution is 5.76. The molecule has 0 radical (unpaired) electrons. The van der Waals surface area contributed by atoms with Gasteiger partial charge in [-0.1, -0.05) is 0 Å². The van der Waals surface area contributed by atoms with E-state index >= 15 is 0 Å². The minimum absolute atomic E-state index is 0.0896. The Morgan fingerprint density at radius 1 is 1.47 bits per heavy atom. The van der Waals surface area contributed by atoms with Crippen molar-refractivity contribution in [3.63, 3.8) is 0 Å². The topological polar surface area (TPSA) is 46.5 Å². The Morgan fingerprint density at radius 3 is 2.59 bits per heavy atom. The van der Waals surface area contributed by atoms with E-state index in [0.29, 0.717) is 12.8 Å². The minimum atomic E-state index is -1.16. The first-order valence-electron chi connectivity index (χ1n) is 5.22. The number of hydrogen-bond donors (Lipinski definition) is 1. The van der Waals surface area contributed by atoms with Crippen molar-refractivity contribution in [3.8, 4) is 0 Å². The van der Waals surface area contributed by atoms with Gasteiger partial charge in [0.15, 0.2) is 6.10 Å². The molecule has 1 unspecified atom stereocenters. The zero-order valence-corrected chi connectivity index (χ0v) is 9.24. The maximum absolute atomic E-state index is 13.7. The van der Waals surface area contributed by atoms with E-state index in [4.69, 9.17) is 9.84 Å². The van der Waals surface area contributed by atoms with Crippen molar-refractivity contribution in [2.75, 3.05) is 7.11 Å². The van der Waals surface area contributed by atoms with E-state index in [-0.39, 0.29) is 5.56 Å². The van der Waals surface area contributed by atoms with Crippen LogP contribution >= 0.6 is 0 Å². The van der Waals surface area contributed by atoms with Crippen LogP contribution in [0.1, 0.15) is 18.4 Å². The third kappa shape index (κ3) is 1.91. The van der Waals surface area contributed by atoms with Gasteiger partial charge in [-0.2, -0.15) is 0 Å². The maximum atomic E-state index is 13.7. The quantitative estimate of drug-likeness (QED) is 0.879. The Morgan fingerprint density at radius 2 is 2.12 bits per heavy atom. The normalized spacial score (nSPS) is 18.8. The fraction of sp³-hybridized carbons (Fsp3) is 0.417. The summed E-state index contributed by atoms with van der Waals surface area (Å²) in [5, 5.41) is 9.03. The molecule has 1 aromatic rings. The molecular formula is C12H12F2O3. The van der Waals surface area contributed by atoms with Gasteiger partial charge < -0.3 is 9.84 Å². The Hall–Kier alpha value is -1.49. The van der Waals surface area contributed by atoms with Crippen molar-refractivity contribution >= 4 is 5.97 Å². The van der Waals surface area contributed by atoms with E-state index in [1.165, 1.54) is 7.11 Å². The summed E-state index contributed by atoms with van der Waals surface area (Å²) in [7, 11) is 1.26. The van der Waals surface area contributed by atoms with E-state index in [0.717, 1.165) is 18.2 Å². The van der Waals surface area contributed by atoms with Gasteiger partial charge in [-0.05, 0) is 31.0 Å². The average molecular weight is 242 g/mol. The number of methoxy groups -OCH3 is 1. The van der Waals surface area contributed by atoms with Crippen LogP contribution in [0.3, 0.4) is 0 Å². The molecule has 0 bridgehead atoms. The Labute approximate surface area is 97.0 Å². The van der Waals surface area contributed by atoms with E-state index in [1.807, 2.05) is 0 Å². The number of carbonyl (C=O) groups is 1. The fourth-order valence-electron chi connectivity index (χ4n) is 2.25. The Balaban J connectivity index is 2.44. The molecule has 1 saturated carbocycles. The highest BCUT2D eigenvalue weighted by Gasteiger charge is 2.55. The summed E-state index contributed by atoms with van der Waals surface area (Å²) >= 11 is 0. The molecule has 0 aromatic heterocycles. The van der Waals surface area contributed by atoms with Crippen LogP contribution < -0.4 is 0 Å². The highest BCUT2D eigenvalue weighted by atomic mass is 19.1. The number of carboxylic acids is 1. The van der Waals surface area contributed by atoms with Crippen molar-refractivity contribution < 1.29 is 23.4 Å². The van der Waals surface area contributed by atoms with Gasteiger partial charge in [0.1, 0.15) is 11.6 Å². The zero-order chi connectivity index (χ0) is 12.6. The predicted molar refractivity (Wildman–Crippen MR) is 55.7 cm³/mol. The second-order valence-corrected chi connectivity index (χ2v) is 4.23. The number of rotatable bonds is 4. The molecule has 0 saturated heterocycles. The molecule has 0 aliphatic heterocycles. The van der Waals surface area contributed by atoms with Crippen LogP contribution in [0.15, 0.2) is 18.2 Å². The van der Waals surface area contributed by atoms with E-state index < -0.39 is 29.1 Å². The second kappa shape index (κ2) is 4.07. The molecule has 0 spiro atoms. The van der Waals surface area contributed by atoms with Crippen LogP contribution in [0, 0.1) is 11.6 Å². The molecule has 1 aliphatic rings. The van der Waals surface area contributed by atoms with Crippen LogP contribution in [-0.4, -0.2) is 24.3 Å². The molecular weight excluding hydrogens is 230 g/mol. The Bertz CT molecular complexity index is 455. The van der Waals surface area contributed by atoms with E-state index in [1.54, 1.807) is 0 Å². The van der Waals surface area contributed by atoms with Crippen LogP contribution in [0.2, 0.25) is 0 Å². The van der Waals surface area contributed by atoms with Gasteiger partial charge >= 0.3 is 5.97 Å². The molecule has 1 N–H and O–H groups in total. The van der Waals surface area contributed by atoms with Crippen molar-refractivity contribution in [2.24, 2.45) is 0 Å². The van der Waals surface area contributed by atoms with Crippen molar-refractivity contribution in [2.45, 2.75) is 24.4 Å².